The number of aromatic nitrogens is 1. The van der Waals surface area contributed by atoms with Crippen molar-refractivity contribution in [3.05, 3.63) is 54.2 Å². The minimum atomic E-state index is -0.363. The number of unbranched alkanes of at least 4 members (excludes halogenated alkanes) is 2. The Balaban J connectivity index is 2.04. The molecule has 0 atom stereocenters. The normalized spacial score (nSPS) is 10.1. The molecular weight excluding hydrogens is 266 g/mol. The van der Waals surface area contributed by atoms with Gasteiger partial charge in [-0.2, -0.15) is 0 Å². The van der Waals surface area contributed by atoms with Crippen LogP contribution in [-0.2, 0) is 4.74 Å². The van der Waals surface area contributed by atoms with E-state index in [1.165, 1.54) is 0 Å². The quantitative estimate of drug-likeness (QED) is 0.564. The SMILES string of the molecule is CCCCCOC(=O)c1ccccc1Oc1ccccn1. The van der Waals surface area contributed by atoms with Gasteiger partial charge >= 0.3 is 5.97 Å². The lowest BCUT2D eigenvalue weighted by atomic mass is 10.2. The van der Waals surface area contributed by atoms with E-state index in [1.807, 2.05) is 12.1 Å². The Kier molecular flexibility index (Phi) is 5.76. The zero-order valence-corrected chi connectivity index (χ0v) is 12.1. The molecule has 1 aromatic carbocycles. The standard InChI is InChI=1S/C17H19NO3/c1-2-3-8-13-20-17(19)14-9-4-5-10-15(14)21-16-11-6-7-12-18-16/h4-7,9-12H,2-3,8,13H2,1H3. The lowest BCUT2D eigenvalue weighted by Crippen LogP contribution is -2.08. The number of benzene rings is 1. The molecule has 4 heteroatoms. The summed E-state index contributed by atoms with van der Waals surface area (Å²) in [6.07, 6.45) is 4.67. The summed E-state index contributed by atoms with van der Waals surface area (Å²) in [5.74, 6) is 0.540. The van der Waals surface area contributed by atoms with Gasteiger partial charge in [0.05, 0.1) is 6.61 Å². The number of esters is 1. The first-order valence-corrected chi connectivity index (χ1v) is 7.16. The van der Waals surface area contributed by atoms with Gasteiger partial charge in [-0.05, 0) is 24.6 Å². The van der Waals surface area contributed by atoms with E-state index in [9.17, 15) is 4.79 Å². The van der Waals surface area contributed by atoms with Crippen LogP contribution in [0.3, 0.4) is 0 Å². The minimum absolute atomic E-state index is 0.363. The van der Waals surface area contributed by atoms with E-state index in [4.69, 9.17) is 9.47 Å². The maximum absolute atomic E-state index is 12.1. The van der Waals surface area contributed by atoms with Crippen molar-refractivity contribution in [2.45, 2.75) is 26.2 Å². The van der Waals surface area contributed by atoms with Gasteiger partial charge < -0.3 is 9.47 Å². The van der Waals surface area contributed by atoms with Gasteiger partial charge in [0.25, 0.3) is 0 Å². The number of nitrogens with zero attached hydrogens (tertiary/aromatic N) is 1. The summed E-state index contributed by atoms with van der Waals surface area (Å²) >= 11 is 0. The highest BCUT2D eigenvalue weighted by Gasteiger charge is 2.14. The number of ether oxygens (including phenoxy) is 2. The molecular formula is C17H19NO3. The number of pyridine rings is 1. The monoisotopic (exact) mass is 285 g/mol. The summed E-state index contributed by atoms with van der Waals surface area (Å²) < 4.78 is 10.9. The maximum Gasteiger partial charge on any atom is 0.341 e. The molecule has 0 bridgehead atoms. The molecule has 0 amide bonds. The third-order valence-electron chi connectivity index (χ3n) is 2.94. The molecule has 1 heterocycles. The van der Waals surface area contributed by atoms with E-state index in [-0.39, 0.29) is 5.97 Å². The van der Waals surface area contributed by atoms with Gasteiger partial charge in [0.2, 0.25) is 5.88 Å². The minimum Gasteiger partial charge on any atom is -0.462 e. The Morgan fingerprint density at radius 3 is 2.67 bits per heavy atom. The fourth-order valence-electron chi connectivity index (χ4n) is 1.84. The molecule has 4 nitrogen and oxygen atoms in total. The first-order valence-electron chi connectivity index (χ1n) is 7.16. The van der Waals surface area contributed by atoms with Crippen LogP contribution in [-0.4, -0.2) is 17.6 Å². The average Bonchev–Trinajstić information content (AvgIpc) is 2.53. The van der Waals surface area contributed by atoms with Crippen molar-refractivity contribution in [3.8, 4) is 11.6 Å². The van der Waals surface area contributed by atoms with Crippen LogP contribution < -0.4 is 4.74 Å². The molecule has 110 valence electrons. The fraction of sp³-hybridized carbons (Fsp3) is 0.294. The molecule has 0 spiro atoms. The second-order valence-electron chi connectivity index (χ2n) is 4.61. The van der Waals surface area contributed by atoms with Crippen LogP contribution in [0.2, 0.25) is 0 Å². The number of rotatable bonds is 7. The predicted molar refractivity (Wildman–Crippen MR) is 80.6 cm³/mol. The summed E-state index contributed by atoms with van der Waals surface area (Å²) in [6.45, 7) is 2.54. The molecule has 0 aliphatic carbocycles. The molecule has 0 aliphatic rings. The van der Waals surface area contributed by atoms with Crippen molar-refractivity contribution in [1.29, 1.82) is 0 Å². The molecule has 0 radical (unpaired) electrons. The third kappa shape index (κ3) is 4.60. The number of hydrogen-bond acceptors (Lipinski definition) is 4. The van der Waals surface area contributed by atoms with Gasteiger partial charge in [0, 0.05) is 12.3 Å². The molecule has 0 aliphatic heterocycles. The Hall–Kier alpha value is -2.36. The van der Waals surface area contributed by atoms with Crippen LogP contribution in [0.4, 0.5) is 0 Å². The molecule has 0 N–H and O–H groups in total. The predicted octanol–water partition coefficient (Wildman–Crippen LogP) is 4.22. The van der Waals surface area contributed by atoms with Crippen molar-refractivity contribution in [3.63, 3.8) is 0 Å². The average molecular weight is 285 g/mol. The van der Waals surface area contributed by atoms with E-state index >= 15 is 0 Å². The Morgan fingerprint density at radius 1 is 1.10 bits per heavy atom. The van der Waals surface area contributed by atoms with Crippen molar-refractivity contribution >= 4 is 5.97 Å². The van der Waals surface area contributed by atoms with Crippen molar-refractivity contribution in [1.82, 2.24) is 4.98 Å². The topological polar surface area (TPSA) is 48.4 Å². The fourth-order valence-corrected chi connectivity index (χ4v) is 1.84. The summed E-state index contributed by atoms with van der Waals surface area (Å²) in [5.41, 5.74) is 0.416. The van der Waals surface area contributed by atoms with E-state index in [2.05, 4.69) is 11.9 Å². The summed E-state index contributed by atoms with van der Waals surface area (Å²) in [7, 11) is 0. The van der Waals surface area contributed by atoms with Gasteiger partial charge in [0.15, 0.2) is 0 Å². The maximum atomic E-state index is 12.1. The Morgan fingerprint density at radius 2 is 1.90 bits per heavy atom. The highest BCUT2D eigenvalue weighted by atomic mass is 16.5. The number of para-hydroxylation sites is 1. The van der Waals surface area contributed by atoms with Crippen molar-refractivity contribution in [2.24, 2.45) is 0 Å². The second-order valence-corrected chi connectivity index (χ2v) is 4.61. The molecule has 1 aromatic heterocycles. The van der Waals surface area contributed by atoms with Crippen LogP contribution in [0.15, 0.2) is 48.7 Å². The van der Waals surface area contributed by atoms with Crippen LogP contribution in [0.5, 0.6) is 11.6 Å². The highest BCUT2D eigenvalue weighted by Crippen LogP contribution is 2.24. The van der Waals surface area contributed by atoms with E-state index in [1.54, 1.807) is 36.5 Å². The van der Waals surface area contributed by atoms with Gasteiger partial charge in [-0.25, -0.2) is 9.78 Å². The van der Waals surface area contributed by atoms with Crippen LogP contribution in [0, 0.1) is 0 Å². The zero-order chi connectivity index (χ0) is 14.9. The van der Waals surface area contributed by atoms with E-state index in [0.29, 0.717) is 23.8 Å². The lowest BCUT2D eigenvalue weighted by Gasteiger charge is -2.10. The van der Waals surface area contributed by atoms with Crippen molar-refractivity contribution < 1.29 is 14.3 Å². The summed E-state index contributed by atoms with van der Waals surface area (Å²) in [5, 5.41) is 0. The van der Waals surface area contributed by atoms with E-state index < -0.39 is 0 Å². The largest absolute Gasteiger partial charge is 0.462 e. The summed E-state index contributed by atoms with van der Waals surface area (Å²) in [6, 6.07) is 12.4. The Labute approximate surface area is 124 Å². The lowest BCUT2D eigenvalue weighted by molar-refractivity contribution is 0.0495. The number of carbonyl (C=O) groups is 1. The van der Waals surface area contributed by atoms with Gasteiger partial charge in [-0.15, -0.1) is 0 Å². The molecule has 0 saturated heterocycles. The van der Waals surface area contributed by atoms with Gasteiger partial charge in [-0.1, -0.05) is 38.0 Å². The van der Waals surface area contributed by atoms with Gasteiger partial charge in [-0.3, -0.25) is 0 Å². The van der Waals surface area contributed by atoms with Crippen LogP contribution >= 0.6 is 0 Å². The molecule has 2 rings (SSSR count). The molecule has 21 heavy (non-hydrogen) atoms. The second kappa shape index (κ2) is 8.04. The molecule has 2 aromatic rings. The molecule has 0 unspecified atom stereocenters. The van der Waals surface area contributed by atoms with Gasteiger partial charge in [0.1, 0.15) is 11.3 Å². The third-order valence-corrected chi connectivity index (χ3v) is 2.94. The van der Waals surface area contributed by atoms with E-state index in [0.717, 1.165) is 19.3 Å². The smallest absolute Gasteiger partial charge is 0.341 e. The molecule has 0 saturated carbocycles. The van der Waals surface area contributed by atoms with Crippen LogP contribution in [0.1, 0.15) is 36.5 Å². The first kappa shape index (κ1) is 15.0. The molecule has 0 fully saturated rings. The Bertz CT molecular complexity index is 569. The zero-order valence-electron chi connectivity index (χ0n) is 12.1. The van der Waals surface area contributed by atoms with Crippen LogP contribution in [0.25, 0.3) is 0 Å². The highest BCUT2D eigenvalue weighted by molar-refractivity contribution is 5.92. The number of hydrogen-bond donors (Lipinski definition) is 0. The first-order chi connectivity index (χ1) is 10.3. The summed E-state index contributed by atoms with van der Waals surface area (Å²) in [4.78, 5) is 16.2. The van der Waals surface area contributed by atoms with Crippen molar-refractivity contribution in [2.75, 3.05) is 6.61 Å². The number of carbonyl (C=O) groups excluding carboxylic acids is 1.